The first-order valence-electron chi connectivity index (χ1n) is 9.72. The minimum atomic E-state index is -0.644. The van der Waals surface area contributed by atoms with E-state index in [2.05, 4.69) is 5.10 Å². The van der Waals surface area contributed by atoms with Crippen LogP contribution in [-0.4, -0.2) is 29.2 Å². The highest BCUT2D eigenvalue weighted by molar-refractivity contribution is 6.03. The number of benzene rings is 2. The molecule has 0 unspecified atom stereocenters. The van der Waals surface area contributed by atoms with E-state index < -0.39 is 24.5 Å². The number of carbonyl (C=O) groups excluding carboxylic acids is 2. The third-order valence-corrected chi connectivity index (χ3v) is 5.00. The largest absolute Gasteiger partial charge is 0.467 e. The molecule has 0 radical (unpaired) electrons. The van der Waals surface area contributed by atoms with Gasteiger partial charge >= 0.3 is 5.97 Å². The zero-order valence-electron chi connectivity index (χ0n) is 16.8. The Kier molecular flexibility index (Phi) is 5.63. The van der Waals surface area contributed by atoms with Crippen molar-refractivity contribution in [3.63, 3.8) is 0 Å². The Balaban J connectivity index is 1.49. The van der Waals surface area contributed by atoms with Gasteiger partial charge in [0.15, 0.2) is 6.61 Å². The lowest BCUT2D eigenvalue weighted by Gasteiger charge is -2.19. The Morgan fingerprint density at radius 3 is 2.55 bits per heavy atom. The van der Waals surface area contributed by atoms with Crippen molar-refractivity contribution in [2.75, 3.05) is 6.61 Å². The van der Waals surface area contributed by atoms with Crippen molar-refractivity contribution in [3.05, 3.63) is 94.9 Å². The lowest BCUT2D eigenvalue weighted by molar-refractivity contribution is -0.136. The lowest BCUT2D eigenvalue weighted by Crippen LogP contribution is -2.31. The smallest absolute Gasteiger partial charge is 0.338 e. The van der Waals surface area contributed by atoms with E-state index in [0.717, 1.165) is 16.8 Å². The normalized spacial score (nSPS) is 15.3. The van der Waals surface area contributed by atoms with Crippen molar-refractivity contribution >= 4 is 17.6 Å². The van der Waals surface area contributed by atoms with E-state index in [0.29, 0.717) is 17.7 Å². The van der Waals surface area contributed by atoms with Crippen LogP contribution >= 0.6 is 0 Å². The molecule has 0 aliphatic carbocycles. The quantitative estimate of drug-likeness (QED) is 0.589. The summed E-state index contributed by atoms with van der Waals surface area (Å²) in [5.74, 6) is -0.488. The molecule has 0 spiro atoms. The number of nitriles is 1. The van der Waals surface area contributed by atoms with Crippen molar-refractivity contribution in [1.29, 1.82) is 5.26 Å². The number of aryl methyl sites for hydroxylation is 1. The Morgan fingerprint density at radius 1 is 1.16 bits per heavy atom. The molecule has 0 N–H and O–H groups in total. The molecule has 1 aromatic heterocycles. The molecule has 7 heteroatoms. The second-order valence-corrected chi connectivity index (χ2v) is 7.15. The molecule has 2 heterocycles. The third kappa shape index (κ3) is 4.38. The second-order valence-electron chi connectivity index (χ2n) is 7.15. The number of ether oxygens (including phenoxy) is 1. The molecule has 31 heavy (non-hydrogen) atoms. The van der Waals surface area contributed by atoms with Crippen LogP contribution in [0.4, 0.5) is 0 Å². The summed E-state index contributed by atoms with van der Waals surface area (Å²) in [6.07, 6.45) is 2.04. The summed E-state index contributed by atoms with van der Waals surface area (Å²) < 4.78 is 10.7. The van der Waals surface area contributed by atoms with Gasteiger partial charge in [-0.3, -0.25) is 4.79 Å². The molecule has 7 nitrogen and oxygen atoms in total. The van der Waals surface area contributed by atoms with Gasteiger partial charge in [-0.15, -0.1) is 0 Å². The zero-order chi connectivity index (χ0) is 21.8. The molecule has 1 atom stereocenters. The molecule has 0 saturated carbocycles. The van der Waals surface area contributed by atoms with Crippen molar-refractivity contribution in [2.24, 2.45) is 5.10 Å². The molecule has 0 bridgehead atoms. The summed E-state index contributed by atoms with van der Waals surface area (Å²) in [7, 11) is 0. The number of hydrogen-bond donors (Lipinski definition) is 0. The van der Waals surface area contributed by atoms with Gasteiger partial charge in [-0.25, -0.2) is 9.80 Å². The van der Waals surface area contributed by atoms with Gasteiger partial charge in [0, 0.05) is 6.42 Å². The van der Waals surface area contributed by atoms with Crippen LogP contribution in [0.5, 0.6) is 0 Å². The minimum Gasteiger partial charge on any atom is -0.467 e. The Morgan fingerprint density at radius 2 is 1.90 bits per heavy atom. The summed E-state index contributed by atoms with van der Waals surface area (Å²) in [6.45, 7) is 1.55. The van der Waals surface area contributed by atoms with Gasteiger partial charge in [0.2, 0.25) is 0 Å². The number of rotatable bonds is 5. The Hall–Kier alpha value is -4.18. The van der Waals surface area contributed by atoms with E-state index in [9.17, 15) is 9.59 Å². The van der Waals surface area contributed by atoms with Crippen molar-refractivity contribution in [3.8, 4) is 6.07 Å². The van der Waals surface area contributed by atoms with E-state index >= 15 is 0 Å². The number of amides is 1. The van der Waals surface area contributed by atoms with Crippen LogP contribution in [0.3, 0.4) is 0 Å². The summed E-state index contributed by atoms with van der Waals surface area (Å²) in [5, 5.41) is 14.7. The molecule has 1 amide bonds. The summed E-state index contributed by atoms with van der Waals surface area (Å²) in [4.78, 5) is 25.1. The third-order valence-electron chi connectivity index (χ3n) is 5.00. The maximum atomic E-state index is 12.9. The average Bonchev–Trinajstić information content (AvgIpc) is 3.48. The van der Waals surface area contributed by atoms with E-state index in [-0.39, 0.29) is 5.56 Å². The number of hydrogen-bond acceptors (Lipinski definition) is 6. The number of esters is 1. The molecule has 2 aromatic carbocycles. The first kappa shape index (κ1) is 20.1. The molecule has 0 saturated heterocycles. The molecule has 1 aliphatic rings. The van der Waals surface area contributed by atoms with Gasteiger partial charge in [0.25, 0.3) is 5.91 Å². The Bertz CT molecular complexity index is 1160. The highest BCUT2D eigenvalue weighted by atomic mass is 16.5. The molecule has 1 aliphatic heterocycles. The zero-order valence-corrected chi connectivity index (χ0v) is 16.8. The molecule has 154 valence electrons. The first-order chi connectivity index (χ1) is 15.0. The van der Waals surface area contributed by atoms with Gasteiger partial charge in [0.05, 0.1) is 29.2 Å². The predicted octanol–water partition coefficient (Wildman–Crippen LogP) is 3.99. The van der Waals surface area contributed by atoms with Crippen LogP contribution < -0.4 is 0 Å². The fraction of sp³-hybridized carbons (Fsp3) is 0.167. The molecule has 0 fully saturated rings. The molecular formula is C24H19N3O4. The van der Waals surface area contributed by atoms with Crippen LogP contribution in [0.25, 0.3) is 0 Å². The van der Waals surface area contributed by atoms with Crippen molar-refractivity contribution in [1.82, 2.24) is 5.01 Å². The predicted molar refractivity (Wildman–Crippen MR) is 112 cm³/mol. The average molecular weight is 413 g/mol. The SMILES string of the molecule is Cc1ccc(C2=NN(C(=O)COC(=O)c3ccc(C#N)cc3)[C@@H](c3ccco3)C2)cc1. The topological polar surface area (TPSA) is 95.9 Å². The van der Waals surface area contributed by atoms with Gasteiger partial charge in [-0.2, -0.15) is 10.4 Å². The first-order valence-corrected chi connectivity index (χ1v) is 9.72. The highest BCUT2D eigenvalue weighted by Crippen LogP contribution is 2.33. The number of hydrazone groups is 1. The molecular weight excluding hydrogens is 394 g/mol. The van der Waals surface area contributed by atoms with Gasteiger partial charge in [0.1, 0.15) is 11.8 Å². The monoisotopic (exact) mass is 413 g/mol. The molecule has 3 aromatic rings. The van der Waals surface area contributed by atoms with Gasteiger partial charge in [-0.05, 0) is 48.9 Å². The summed E-state index contributed by atoms with van der Waals surface area (Å²) in [6, 6.07) is 19.0. The number of furan rings is 1. The molecule has 4 rings (SSSR count). The van der Waals surface area contributed by atoms with Gasteiger partial charge in [-0.1, -0.05) is 29.8 Å². The van der Waals surface area contributed by atoms with E-state index in [4.69, 9.17) is 14.4 Å². The minimum absolute atomic E-state index is 0.264. The van der Waals surface area contributed by atoms with Crippen LogP contribution in [0.1, 0.15) is 45.3 Å². The van der Waals surface area contributed by atoms with Crippen molar-refractivity contribution in [2.45, 2.75) is 19.4 Å². The fourth-order valence-electron chi connectivity index (χ4n) is 3.32. The van der Waals surface area contributed by atoms with Crippen LogP contribution in [-0.2, 0) is 9.53 Å². The van der Waals surface area contributed by atoms with Gasteiger partial charge < -0.3 is 9.15 Å². The maximum Gasteiger partial charge on any atom is 0.338 e. The number of carbonyl (C=O) groups is 2. The standard InChI is InChI=1S/C24H19N3O4/c1-16-4-8-18(9-5-16)20-13-21(22-3-2-12-30-22)27(26-20)23(28)15-31-24(29)19-10-6-17(14-25)7-11-19/h2-12,21H,13,15H2,1H3/t21-/m1/s1. The van der Waals surface area contributed by atoms with Crippen molar-refractivity contribution < 1.29 is 18.7 Å². The maximum absolute atomic E-state index is 12.9. The second kappa shape index (κ2) is 8.67. The lowest BCUT2D eigenvalue weighted by atomic mass is 10.0. The Labute approximate surface area is 179 Å². The number of nitrogens with zero attached hydrogens (tertiary/aromatic N) is 3. The highest BCUT2D eigenvalue weighted by Gasteiger charge is 2.35. The van der Waals surface area contributed by atoms with E-state index in [1.807, 2.05) is 37.3 Å². The van der Waals surface area contributed by atoms with E-state index in [1.54, 1.807) is 18.4 Å². The van der Waals surface area contributed by atoms with E-state index in [1.165, 1.54) is 29.3 Å². The van der Waals surface area contributed by atoms with Crippen LogP contribution in [0.15, 0.2) is 76.4 Å². The fourth-order valence-corrected chi connectivity index (χ4v) is 3.32. The summed E-state index contributed by atoms with van der Waals surface area (Å²) >= 11 is 0. The summed E-state index contributed by atoms with van der Waals surface area (Å²) in [5.41, 5.74) is 3.51. The van der Waals surface area contributed by atoms with Crippen LogP contribution in [0.2, 0.25) is 0 Å². The van der Waals surface area contributed by atoms with Crippen LogP contribution in [0, 0.1) is 18.3 Å².